The molecule has 2 aliphatic heterocycles. The molecule has 390 valence electrons. The van der Waals surface area contributed by atoms with Crippen molar-refractivity contribution in [2.24, 2.45) is 0 Å². The van der Waals surface area contributed by atoms with E-state index in [1.807, 2.05) is 146 Å². The van der Waals surface area contributed by atoms with Gasteiger partial charge in [0, 0.05) is 100 Å². The minimum absolute atomic E-state index is 0.0691. The van der Waals surface area contributed by atoms with E-state index in [1.54, 1.807) is 0 Å². The lowest BCUT2D eigenvalue weighted by Crippen LogP contribution is -2.28. The summed E-state index contributed by atoms with van der Waals surface area (Å²) in [5, 5.41) is 94.7. The smallest absolute Gasteiger partial charge is 0.123 e. The molecule has 2 heterocycles. The van der Waals surface area contributed by atoms with Gasteiger partial charge in [0.05, 0.1) is 26.4 Å². The van der Waals surface area contributed by atoms with Crippen LogP contribution in [-0.4, -0.2) is 90.2 Å². The molecule has 8 N–H and O–H groups in total. The number of hydrogen-bond donors (Lipinski definition) is 8. The van der Waals surface area contributed by atoms with Crippen molar-refractivity contribution in [3.8, 4) is 46.0 Å². The predicted molar refractivity (Wildman–Crippen MR) is 292 cm³/mol. The van der Waals surface area contributed by atoms with Gasteiger partial charge in [-0.2, -0.15) is 0 Å². The van der Waals surface area contributed by atoms with Crippen LogP contribution in [0.4, 0.5) is 0 Å². The maximum atomic E-state index is 11.9. The third-order valence-corrected chi connectivity index (χ3v) is 15.0. The average Bonchev–Trinajstić information content (AvgIpc) is 3.40. The van der Waals surface area contributed by atoms with Crippen LogP contribution < -0.4 is 0 Å². The van der Waals surface area contributed by atoms with E-state index in [9.17, 15) is 40.9 Å². The molecular weight excluding hydrogens is 957 g/mol. The third-order valence-electron chi connectivity index (χ3n) is 15.0. The first-order valence-electron chi connectivity index (χ1n) is 25.9. The molecule has 12 heteroatoms. The van der Waals surface area contributed by atoms with E-state index in [1.165, 1.54) is 0 Å². The predicted octanol–water partition coefficient (Wildman–Crippen LogP) is 10.2. The van der Waals surface area contributed by atoms with Crippen molar-refractivity contribution in [2.45, 2.75) is 64.7 Å². The Morgan fingerprint density at radius 2 is 0.382 bits per heavy atom. The molecule has 0 amide bonds. The highest BCUT2D eigenvalue weighted by Gasteiger charge is 2.22. The highest BCUT2D eigenvalue weighted by atomic mass is 16.5. The normalized spacial score (nSPS) is 16.9. The summed E-state index contributed by atoms with van der Waals surface area (Å²) in [7, 11) is 0. The second kappa shape index (κ2) is 23.3. The Labute approximate surface area is 443 Å². The van der Waals surface area contributed by atoms with Gasteiger partial charge in [0.15, 0.2) is 0 Å². The molecule has 18 bridgehead atoms. The Balaban J connectivity index is 1.06. The molecule has 12 nitrogen and oxygen atoms in total. The van der Waals surface area contributed by atoms with Crippen LogP contribution in [0.25, 0.3) is 0 Å². The SMILES string of the molecule is Oc1c2cccc1Cc1cccc(c1O)CN1CCOCCOCCN(Cc3cccc(c3O)Cc3cccc(c3O)C2)Cc2cccc(c2O)Cc2cccc(c2O)Cc2cccc(c2O)Cc2cccc(c2O)C1. The third kappa shape index (κ3) is 11.6. The molecule has 0 saturated carbocycles. The van der Waals surface area contributed by atoms with Gasteiger partial charge < -0.3 is 50.3 Å². The van der Waals surface area contributed by atoms with Gasteiger partial charge in [-0.1, -0.05) is 146 Å². The van der Waals surface area contributed by atoms with Crippen LogP contribution in [0.5, 0.6) is 46.0 Å². The summed E-state index contributed by atoms with van der Waals surface area (Å²) in [6, 6.07) is 44.4. The quantitative estimate of drug-likeness (QED) is 0.0673. The van der Waals surface area contributed by atoms with Gasteiger partial charge in [-0.15, -0.1) is 0 Å². The number of hydrogen-bond acceptors (Lipinski definition) is 12. The van der Waals surface area contributed by atoms with Gasteiger partial charge in [-0.3, -0.25) is 9.80 Å². The molecule has 0 radical (unpaired) electrons. The van der Waals surface area contributed by atoms with Crippen molar-refractivity contribution >= 4 is 0 Å². The number of phenols is 8. The van der Waals surface area contributed by atoms with Crippen molar-refractivity contribution in [1.82, 2.24) is 9.80 Å². The van der Waals surface area contributed by atoms with Crippen molar-refractivity contribution in [3.05, 3.63) is 235 Å². The maximum absolute atomic E-state index is 11.9. The second-order valence-corrected chi connectivity index (χ2v) is 20.1. The molecule has 0 unspecified atom stereocenters. The summed E-state index contributed by atoms with van der Waals surface area (Å²) >= 11 is 0. The van der Waals surface area contributed by atoms with Gasteiger partial charge in [0.2, 0.25) is 0 Å². The first-order valence-corrected chi connectivity index (χ1v) is 25.9. The van der Waals surface area contributed by atoms with E-state index in [0.717, 1.165) is 0 Å². The van der Waals surface area contributed by atoms with Crippen LogP contribution in [0.3, 0.4) is 0 Å². The standard InChI is InChI=1S/C64H64N2O10/c67-57-41-9-1-13-45(57)33-49-17-5-21-53(61(49)71)37-65-25-27-75-29-30-76-28-26-66(39-55-22-6-18-50(62(55)72)34-46-14-2-10-42(31-41)58(46)68)40-56-24-8-20-52(64(56)74)36-48-16-4-12-44(60(48)70)32-43-11-3-15-47(59(43)69)35-51-19-7-23-54(38-65)63(51)73/h1-24,67-74H,25-40H2. The van der Waals surface area contributed by atoms with Gasteiger partial charge >= 0.3 is 0 Å². The van der Waals surface area contributed by atoms with Crippen LogP contribution in [0.2, 0.25) is 0 Å². The van der Waals surface area contributed by atoms with Gasteiger partial charge in [-0.05, 0) is 66.8 Å². The zero-order valence-electron chi connectivity index (χ0n) is 42.5. The van der Waals surface area contributed by atoms with E-state index in [2.05, 4.69) is 9.80 Å². The second-order valence-electron chi connectivity index (χ2n) is 20.1. The fourth-order valence-corrected chi connectivity index (χ4v) is 10.7. The molecule has 76 heavy (non-hydrogen) atoms. The highest BCUT2D eigenvalue weighted by Crippen LogP contribution is 2.39. The summed E-state index contributed by atoms with van der Waals surface area (Å²) in [5.41, 5.74) is 9.96. The minimum Gasteiger partial charge on any atom is -0.507 e. The average molecular weight is 1020 g/mol. The van der Waals surface area contributed by atoms with Crippen LogP contribution >= 0.6 is 0 Å². The van der Waals surface area contributed by atoms with Crippen LogP contribution in [0.1, 0.15) is 89.0 Å². The Morgan fingerprint density at radius 3 is 0.566 bits per heavy atom. The van der Waals surface area contributed by atoms with Crippen molar-refractivity contribution in [3.63, 3.8) is 0 Å². The largest absolute Gasteiger partial charge is 0.507 e. The fraction of sp³-hybridized carbons (Fsp3) is 0.250. The summed E-state index contributed by atoms with van der Waals surface area (Å²) in [6.07, 6.45) is 1.40. The number of benzene rings is 8. The monoisotopic (exact) mass is 1020 g/mol. The molecule has 8 aromatic rings. The Kier molecular flexibility index (Phi) is 15.8. The minimum atomic E-state index is 0.0691. The van der Waals surface area contributed by atoms with Crippen molar-refractivity contribution in [1.29, 1.82) is 0 Å². The van der Waals surface area contributed by atoms with E-state index >= 15 is 0 Å². The summed E-state index contributed by atoms with van der Waals surface area (Å²) in [4.78, 5) is 4.20. The van der Waals surface area contributed by atoms with Crippen LogP contribution in [-0.2, 0) is 74.2 Å². The Morgan fingerprint density at radius 1 is 0.224 bits per heavy atom. The Bertz CT molecular complexity index is 2940. The lowest BCUT2D eigenvalue weighted by molar-refractivity contribution is 0.0281. The molecule has 0 aromatic heterocycles. The number of phenolic OH excluding ortho intramolecular Hbond substituents is 8. The van der Waals surface area contributed by atoms with Crippen molar-refractivity contribution in [2.75, 3.05) is 39.5 Å². The summed E-state index contributed by atoms with van der Waals surface area (Å²) < 4.78 is 12.4. The summed E-state index contributed by atoms with van der Waals surface area (Å²) in [5.74, 6) is 0.641. The lowest BCUT2D eigenvalue weighted by Gasteiger charge is -2.25. The number of aromatic hydroxyl groups is 8. The number of fused-ring (bicyclic) bond motifs is 25. The zero-order valence-corrected chi connectivity index (χ0v) is 42.5. The van der Waals surface area contributed by atoms with Gasteiger partial charge in [-0.25, -0.2) is 0 Å². The number of ether oxygens (including phenoxy) is 2. The fourth-order valence-electron chi connectivity index (χ4n) is 10.7. The molecule has 0 atom stereocenters. The van der Waals surface area contributed by atoms with E-state index < -0.39 is 0 Å². The summed E-state index contributed by atoms with van der Waals surface area (Å²) in [6.45, 7) is 3.30. The van der Waals surface area contributed by atoms with Crippen molar-refractivity contribution < 1.29 is 50.3 Å². The van der Waals surface area contributed by atoms with E-state index in [0.29, 0.717) is 155 Å². The molecule has 0 saturated heterocycles. The number of rotatable bonds is 0. The molecular formula is C64H64N2O10. The van der Waals surface area contributed by atoms with Gasteiger partial charge in [0.1, 0.15) is 46.0 Å². The molecule has 0 fully saturated rings. The van der Waals surface area contributed by atoms with Crippen LogP contribution in [0.15, 0.2) is 146 Å². The molecule has 0 aliphatic carbocycles. The zero-order chi connectivity index (χ0) is 52.7. The van der Waals surface area contributed by atoms with E-state index in [4.69, 9.17) is 9.47 Å². The molecule has 8 aromatic carbocycles. The highest BCUT2D eigenvalue weighted by molar-refractivity contribution is 5.55. The lowest BCUT2D eigenvalue weighted by atomic mass is 9.93. The first-order chi connectivity index (χ1) is 37.0. The van der Waals surface area contributed by atoms with Crippen LogP contribution in [0, 0.1) is 0 Å². The molecule has 2 aliphatic rings. The number of nitrogens with zero attached hydrogens (tertiary/aromatic N) is 2. The molecule has 0 spiro atoms. The first kappa shape index (κ1) is 51.5. The topological polar surface area (TPSA) is 187 Å². The van der Waals surface area contributed by atoms with Gasteiger partial charge in [0.25, 0.3) is 0 Å². The Hall–Kier alpha value is -8.00. The van der Waals surface area contributed by atoms with E-state index in [-0.39, 0.29) is 84.5 Å². The number of para-hydroxylation sites is 8. The molecule has 10 rings (SSSR count). The maximum Gasteiger partial charge on any atom is 0.123 e.